The number of esters is 1. The summed E-state index contributed by atoms with van der Waals surface area (Å²) in [6, 6.07) is 5.74. The van der Waals surface area contributed by atoms with Gasteiger partial charge in [-0.1, -0.05) is 37.9 Å². The summed E-state index contributed by atoms with van der Waals surface area (Å²) in [5.41, 5.74) is 2.09. The molecule has 0 heterocycles. The maximum Gasteiger partial charge on any atom is 0.310 e. The molecule has 0 aliphatic heterocycles. The molecule has 0 fully saturated rings. The summed E-state index contributed by atoms with van der Waals surface area (Å²) in [5.74, 6) is -0.313. The van der Waals surface area contributed by atoms with Gasteiger partial charge in [0, 0.05) is 9.80 Å². The van der Waals surface area contributed by atoms with E-state index in [1.165, 1.54) is 0 Å². The van der Waals surface area contributed by atoms with E-state index >= 15 is 0 Å². The monoisotopic (exact) mass is 359 g/mol. The predicted octanol–water partition coefficient (Wildman–Crippen LogP) is 3.32. The third kappa shape index (κ3) is 3.55. The Balaban J connectivity index is 3.09. The van der Waals surface area contributed by atoms with Gasteiger partial charge in [-0.2, -0.15) is 5.26 Å². The first-order chi connectivity index (χ1) is 8.13. The number of benzene rings is 1. The average molecular weight is 361 g/mol. The van der Waals surface area contributed by atoms with Crippen LogP contribution in [0.4, 0.5) is 0 Å². The maximum atomic E-state index is 11.4. The van der Waals surface area contributed by atoms with Crippen LogP contribution in [0, 0.1) is 11.3 Å². The summed E-state index contributed by atoms with van der Waals surface area (Å²) in [6.45, 7) is 2.11. The summed E-state index contributed by atoms with van der Waals surface area (Å²) < 4.78 is 5.74. The third-order valence-corrected chi connectivity index (χ3v) is 3.53. The summed E-state index contributed by atoms with van der Waals surface area (Å²) >= 11 is 6.72. The lowest BCUT2D eigenvalue weighted by Crippen LogP contribution is -2.09. The van der Waals surface area contributed by atoms with Crippen LogP contribution in [-0.4, -0.2) is 12.6 Å². The van der Waals surface area contributed by atoms with Crippen LogP contribution in [0.25, 0.3) is 0 Å². The van der Waals surface area contributed by atoms with Crippen molar-refractivity contribution >= 4 is 37.8 Å². The Hall–Kier alpha value is -0.860. The van der Waals surface area contributed by atoms with Gasteiger partial charge in [0.15, 0.2) is 0 Å². The molecular weight excluding hydrogens is 350 g/mol. The number of nitriles is 1. The van der Waals surface area contributed by atoms with Gasteiger partial charge in [0.05, 0.1) is 24.7 Å². The molecule has 17 heavy (non-hydrogen) atoms. The summed E-state index contributed by atoms with van der Waals surface area (Å²) in [5, 5.41) is 9.72. The number of carbonyl (C=O) groups excluding carboxylic acids is 1. The molecule has 0 atom stereocenters. The molecule has 0 aromatic heterocycles. The first-order valence-electron chi connectivity index (χ1n) is 5.06. The Bertz CT molecular complexity index is 466. The smallest absolute Gasteiger partial charge is 0.310 e. The molecular formula is C12H11Br2NO2. The van der Waals surface area contributed by atoms with Crippen LogP contribution in [0.15, 0.2) is 16.6 Å². The number of alkyl halides is 1. The average Bonchev–Trinajstić information content (AvgIpc) is 2.31. The van der Waals surface area contributed by atoms with Crippen LogP contribution in [-0.2, 0) is 21.3 Å². The zero-order valence-corrected chi connectivity index (χ0v) is 12.5. The Labute approximate surface area is 117 Å². The van der Waals surface area contributed by atoms with E-state index in [0.29, 0.717) is 23.1 Å². The largest absolute Gasteiger partial charge is 0.466 e. The Kier molecular flexibility index (Phi) is 5.66. The zero-order valence-electron chi connectivity index (χ0n) is 9.30. The fraction of sp³-hybridized carbons (Fsp3) is 0.333. The fourth-order valence-electron chi connectivity index (χ4n) is 1.46. The van der Waals surface area contributed by atoms with Gasteiger partial charge >= 0.3 is 5.97 Å². The number of hydrogen-bond donors (Lipinski definition) is 0. The van der Waals surface area contributed by atoms with Crippen molar-refractivity contribution in [3.05, 3.63) is 33.3 Å². The molecule has 0 spiro atoms. The Morgan fingerprint density at radius 1 is 1.53 bits per heavy atom. The molecule has 5 heteroatoms. The van der Waals surface area contributed by atoms with Crippen molar-refractivity contribution in [3.8, 4) is 6.07 Å². The van der Waals surface area contributed by atoms with E-state index in [2.05, 4.69) is 37.9 Å². The lowest BCUT2D eigenvalue weighted by atomic mass is 10.0. The van der Waals surface area contributed by atoms with Crippen LogP contribution in [0.2, 0.25) is 0 Å². The van der Waals surface area contributed by atoms with Crippen molar-refractivity contribution in [1.82, 2.24) is 0 Å². The van der Waals surface area contributed by atoms with Crippen LogP contribution in [0.1, 0.15) is 23.6 Å². The molecule has 0 amide bonds. The van der Waals surface area contributed by atoms with E-state index in [9.17, 15) is 4.79 Å². The molecule has 0 radical (unpaired) electrons. The summed E-state index contributed by atoms with van der Waals surface area (Å²) in [7, 11) is 0. The van der Waals surface area contributed by atoms with E-state index in [-0.39, 0.29) is 12.4 Å². The van der Waals surface area contributed by atoms with Crippen molar-refractivity contribution in [2.75, 3.05) is 6.61 Å². The molecule has 0 unspecified atom stereocenters. The van der Waals surface area contributed by atoms with Crippen LogP contribution in [0.3, 0.4) is 0 Å². The first kappa shape index (κ1) is 14.2. The van der Waals surface area contributed by atoms with Crippen molar-refractivity contribution in [1.29, 1.82) is 5.26 Å². The lowest BCUT2D eigenvalue weighted by molar-refractivity contribution is -0.142. The molecule has 3 nitrogen and oxygen atoms in total. The summed E-state index contributed by atoms with van der Waals surface area (Å²) in [4.78, 5) is 11.4. The SMILES string of the molecule is CCOC(=O)Cc1ccc(Br)c(CBr)c1C#N. The lowest BCUT2D eigenvalue weighted by Gasteiger charge is -2.09. The topological polar surface area (TPSA) is 50.1 Å². The first-order valence-corrected chi connectivity index (χ1v) is 6.97. The predicted molar refractivity (Wildman–Crippen MR) is 71.8 cm³/mol. The minimum Gasteiger partial charge on any atom is -0.466 e. The molecule has 0 N–H and O–H groups in total. The molecule has 0 aliphatic carbocycles. The molecule has 0 aliphatic rings. The normalized spacial score (nSPS) is 9.76. The number of halogens is 2. The van der Waals surface area contributed by atoms with Crippen molar-refractivity contribution in [2.24, 2.45) is 0 Å². The van der Waals surface area contributed by atoms with Gasteiger partial charge in [0.1, 0.15) is 0 Å². The van der Waals surface area contributed by atoms with E-state index in [0.717, 1.165) is 10.0 Å². The molecule has 0 saturated carbocycles. The molecule has 0 saturated heterocycles. The zero-order chi connectivity index (χ0) is 12.8. The van der Waals surface area contributed by atoms with E-state index in [1.54, 1.807) is 13.0 Å². The molecule has 1 rings (SSSR count). The second-order valence-electron chi connectivity index (χ2n) is 3.29. The highest BCUT2D eigenvalue weighted by molar-refractivity contribution is 9.10. The number of rotatable bonds is 4. The quantitative estimate of drug-likeness (QED) is 0.611. The van der Waals surface area contributed by atoms with Gasteiger partial charge in [-0.25, -0.2) is 0 Å². The van der Waals surface area contributed by atoms with Crippen molar-refractivity contribution in [3.63, 3.8) is 0 Å². The van der Waals surface area contributed by atoms with Crippen molar-refractivity contribution < 1.29 is 9.53 Å². The minimum atomic E-state index is -0.313. The van der Waals surface area contributed by atoms with Gasteiger partial charge in [-0.3, -0.25) is 4.79 Å². The minimum absolute atomic E-state index is 0.129. The van der Waals surface area contributed by atoms with Crippen LogP contribution >= 0.6 is 31.9 Å². The number of hydrogen-bond acceptors (Lipinski definition) is 3. The molecule has 1 aromatic carbocycles. The highest BCUT2D eigenvalue weighted by Crippen LogP contribution is 2.26. The number of nitrogens with zero attached hydrogens (tertiary/aromatic N) is 1. The Morgan fingerprint density at radius 3 is 2.76 bits per heavy atom. The van der Waals surface area contributed by atoms with Crippen LogP contribution in [0.5, 0.6) is 0 Å². The maximum absolute atomic E-state index is 11.4. The van der Waals surface area contributed by atoms with E-state index in [4.69, 9.17) is 10.00 Å². The van der Waals surface area contributed by atoms with E-state index < -0.39 is 0 Å². The highest BCUT2D eigenvalue weighted by Gasteiger charge is 2.14. The third-order valence-electron chi connectivity index (χ3n) is 2.23. The number of carbonyl (C=O) groups is 1. The Morgan fingerprint density at radius 2 is 2.24 bits per heavy atom. The molecule has 0 bridgehead atoms. The second kappa shape index (κ2) is 6.77. The van der Waals surface area contributed by atoms with Gasteiger partial charge in [0.2, 0.25) is 0 Å². The van der Waals surface area contributed by atoms with Gasteiger partial charge in [-0.15, -0.1) is 0 Å². The summed E-state index contributed by atoms with van der Waals surface area (Å²) in [6.07, 6.45) is 0.129. The fourth-order valence-corrected chi connectivity index (χ4v) is 2.88. The van der Waals surface area contributed by atoms with Crippen molar-refractivity contribution in [2.45, 2.75) is 18.7 Å². The highest BCUT2D eigenvalue weighted by atomic mass is 79.9. The second-order valence-corrected chi connectivity index (χ2v) is 4.70. The van der Waals surface area contributed by atoms with Crippen LogP contribution < -0.4 is 0 Å². The van der Waals surface area contributed by atoms with Gasteiger partial charge in [-0.05, 0) is 24.1 Å². The number of ether oxygens (including phenoxy) is 1. The van der Waals surface area contributed by atoms with E-state index in [1.807, 2.05) is 6.07 Å². The molecule has 90 valence electrons. The van der Waals surface area contributed by atoms with Gasteiger partial charge in [0.25, 0.3) is 0 Å². The standard InChI is InChI=1S/C12H11Br2NO2/c1-2-17-12(16)5-8-3-4-11(14)9(6-13)10(8)7-15/h3-4H,2,5-6H2,1H3. The van der Waals surface area contributed by atoms with Gasteiger partial charge < -0.3 is 4.74 Å². The molecule has 1 aromatic rings.